The molecule has 21 heavy (non-hydrogen) atoms. The molecule has 3 rings (SSSR count). The Labute approximate surface area is 129 Å². The van der Waals surface area contributed by atoms with Crippen LogP contribution >= 0.6 is 11.6 Å². The number of fused-ring (bicyclic) bond motifs is 1. The van der Waals surface area contributed by atoms with E-state index in [9.17, 15) is 13.9 Å². The van der Waals surface area contributed by atoms with Crippen LogP contribution in [0.4, 0.5) is 0 Å². The molecule has 1 fully saturated rings. The van der Waals surface area contributed by atoms with Crippen molar-refractivity contribution >= 4 is 22.9 Å². The first kappa shape index (κ1) is 15.2. The van der Waals surface area contributed by atoms with Gasteiger partial charge in [-0.3, -0.25) is 4.21 Å². The molecule has 116 valence electrons. The van der Waals surface area contributed by atoms with Crippen LogP contribution in [0, 0.1) is 5.92 Å². The number of rotatable bonds is 4. The SMILES string of the molecule is NC(O)C1=CC(C2C=CC(NS(=O)[O-])=CC2)NN2CC12Cl. The quantitative estimate of drug-likeness (QED) is 0.134. The number of allylic oxidation sites excluding steroid dienone is 2. The molecular weight excluding hydrogens is 316 g/mol. The molecule has 6 atom stereocenters. The minimum Gasteiger partial charge on any atom is -0.755 e. The van der Waals surface area contributed by atoms with Crippen LogP contribution in [0.2, 0.25) is 0 Å². The first-order chi connectivity index (χ1) is 9.90. The first-order valence-corrected chi connectivity index (χ1v) is 7.98. The highest BCUT2D eigenvalue weighted by Crippen LogP contribution is 2.46. The number of aliphatic hydroxyl groups is 1. The highest BCUT2D eigenvalue weighted by molar-refractivity contribution is 7.77. The van der Waals surface area contributed by atoms with E-state index in [4.69, 9.17) is 17.3 Å². The molecule has 0 saturated carbocycles. The molecule has 0 bridgehead atoms. The van der Waals surface area contributed by atoms with Crippen molar-refractivity contribution in [2.45, 2.75) is 23.7 Å². The lowest BCUT2D eigenvalue weighted by Crippen LogP contribution is -2.47. The van der Waals surface area contributed by atoms with Gasteiger partial charge >= 0.3 is 0 Å². The zero-order valence-electron chi connectivity index (χ0n) is 11.0. The second-order valence-corrected chi connectivity index (χ2v) is 6.62. The second-order valence-electron chi connectivity index (χ2n) is 5.32. The van der Waals surface area contributed by atoms with Crippen LogP contribution in [0.3, 0.4) is 0 Å². The van der Waals surface area contributed by atoms with Crippen LogP contribution in [-0.4, -0.2) is 42.7 Å². The normalized spacial score (nSPS) is 40.7. The van der Waals surface area contributed by atoms with Crippen molar-refractivity contribution in [3.8, 4) is 0 Å². The summed E-state index contributed by atoms with van der Waals surface area (Å²) in [5.74, 6) is 0.131. The molecule has 3 aliphatic rings. The minimum atomic E-state index is -2.32. The standard InChI is InChI=1S/C12H17ClN4O3S/c13-12-6-17(12)15-10(5-9(12)11(14)18)7-1-3-8(4-2-7)16-21(19)20/h1,3-5,7,10-11,15-16,18H,2,6,14H2,(H,19,20)/p-1. The third-order valence-corrected chi connectivity index (χ3v) is 4.86. The lowest BCUT2D eigenvalue weighted by Gasteiger charge is -2.32. The van der Waals surface area contributed by atoms with Gasteiger partial charge in [-0.05, 0) is 12.5 Å². The first-order valence-electron chi connectivity index (χ1n) is 6.53. The van der Waals surface area contributed by atoms with Gasteiger partial charge in [0.25, 0.3) is 0 Å². The van der Waals surface area contributed by atoms with Crippen LogP contribution < -0.4 is 15.9 Å². The fourth-order valence-corrected chi connectivity index (χ4v) is 3.41. The van der Waals surface area contributed by atoms with E-state index in [1.54, 1.807) is 6.08 Å². The average molecular weight is 332 g/mol. The van der Waals surface area contributed by atoms with Crippen molar-refractivity contribution in [3.63, 3.8) is 0 Å². The van der Waals surface area contributed by atoms with Gasteiger partial charge in [-0.1, -0.05) is 29.8 Å². The Hall–Kier alpha value is -0.740. The zero-order valence-corrected chi connectivity index (χ0v) is 12.6. The molecule has 1 aliphatic carbocycles. The largest absolute Gasteiger partial charge is 0.755 e. The lowest BCUT2D eigenvalue weighted by molar-refractivity contribution is 0.191. The summed E-state index contributed by atoms with van der Waals surface area (Å²) in [5.41, 5.74) is 10.0. The molecule has 0 radical (unpaired) electrons. The molecule has 5 N–H and O–H groups in total. The summed E-state index contributed by atoms with van der Waals surface area (Å²) >= 11 is 4.02. The molecule has 1 saturated heterocycles. The number of halogens is 1. The molecule has 2 aliphatic heterocycles. The van der Waals surface area contributed by atoms with Crippen molar-refractivity contribution in [2.75, 3.05) is 6.54 Å². The summed E-state index contributed by atoms with van der Waals surface area (Å²) in [6, 6.07) is -0.0422. The van der Waals surface area contributed by atoms with Crippen molar-refractivity contribution in [2.24, 2.45) is 11.7 Å². The van der Waals surface area contributed by atoms with Crippen molar-refractivity contribution in [1.82, 2.24) is 15.2 Å². The van der Waals surface area contributed by atoms with Gasteiger partial charge in [-0.25, -0.2) is 10.4 Å². The van der Waals surface area contributed by atoms with Gasteiger partial charge in [0.1, 0.15) is 11.2 Å². The van der Waals surface area contributed by atoms with Gasteiger partial charge in [0.15, 0.2) is 0 Å². The number of nitrogens with zero attached hydrogens (tertiary/aromatic N) is 1. The van der Waals surface area contributed by atoms with Crippen LogP contribution in [0.5, 0.6) is 0 Å². The van der Waals surface area contributed by atoms with Gasteiger partial charge in [-0.2, -0.15) is 0 Å². The maximum absolute atomic E-state index is 10.6. The zero-order chi connectivity index (χ0) is 15.2. The molecule has 7 nitrogen and oxygen atoms in total. The topological polar surface area (TPSA) is 113 Å². The van der Waals surface area contributed by atoms with Gasteiger partial charge in [-0.15, -0.1) is 0 Å². The highest BCUT2D eigenvalue weighted by Gasteiger charge is 2.58. The van der Waals surface area contributed by atoms with Crippen LogP contribution in [-0.2, 0) is 11.3 Å². The third-order valence-electron chi connectivity index (χ3n) is 3.91. The number of aliphatic hydroxyl groups excluding tert-OH is 1. The third kappa shape index (κ3) is 2.93. The van der Waals surface area contributed by atoms with E-state index in [0.717, 1.165) is 0 Å². The minimum absolute atomic E-state index is 0.0422. The fourth-order valence-electron chi connectivity index (χ4n) is 2.73. The Morgan fingerprint density at radius 1 is 1.71 bits per heavy atom. The molecule has 0 spiro atoms. The summed E-state index contributed by atoms with van der Waals surface area (Å²) in [4.78, 5) is -0.703. The van der Waals surface area contributed by atoms with Gasteiger partial charge in [0, 0.05) is 34.5 Å². The molecule has 0 amide bonds. The Morgan fingerprint density at radius 3 is 3.05 bits per heavy atom. The second kappa shape index (κ2) is 5.47. The summed E-state index contributed by atoms with van der Waals surface area (Å²) < 4.78 is 23.5. The van der Waals surface area contributed by atoms with E-state index in [1.165, 1.54) is 0 Å². The Bertz CT molecular complexity index is 565. The number of alkyl halides is 1. The average Bonchev–Trinajstić information content (AvgIpc) is 3.08. The molecule has 6 unspecified atom stereocenters. The summed E-state index contributed by atoms with van der Waals surface area (Å²) in [7, 11) is 0. The molecule has 0 aromatic heterocycles. The molecular formula is C12H16ClN4O3S-. The van der Waals surface area contributed by atoms with E-state index < -0.39 is 22.5 Å². The predicted octanol–water partition coefficient (Wildman–Crippen LogP) is -0.829. The summed E-state index contributed by atoms with van der Waals surface area (Å²) in [6.45, 7) is 0.597. The van der Waals surface area contributed by atoms with E-state index in [2.05, 4.69) is 10.1 Å². The number of hydrogen-bond acceptors (Lipinski definition) is 6. The molecule has 0 aromatic rings. The fraction of sp³-hybridized carbons (Fsp3) is 0.500. The number of hydrogen-bond donors (Lipinski definition) is 4. The Balaban J connectivity index is 1.71. The maximum Gasteiger partial charge on any atom is 0.148 e. The monoisotopic (exact) mass is 331 g/mol. The Morgan fingerprint density at radius 2 is 2.48 bits per heavy atom. The van der Waals surface area contributed by atoms with Crippen molar-refractivity contribution in [3.05, 3.63) is 35.6 Å². The molecule has 2 heterocycles. The van der Waals surface area contributed by atoms with Crippen LogP contribution in [0.15, 0.2) is 35.6 Å². The molecule has 9 heteroatoms. The Kier molecular flexibility index (Phi) is 3.95. The smallest absolute Gasteiger partial charge is 0.148 e. The van der Waals surface area contributed by atoms with Crippen molar-refractivity contribution < 1.29 is 13.9 Å². The van der Waals surface area contributed by atoms with Crippen LogP contribution in [0.25, 0.3) is 0 Å². The predicted molar refractivity (Wildman–Crippen MR) is 77.9 cm³/mol. The van der Waals surface area contributed by atoms with Gasteiger partial charge < -0.3 is 20.1 Å². The highest BCUT2D eigenvalue weighted by atomic mass is 35.5. The lowest BCUT2D eigenvalue weighted by atomic mass is 9.89. The van der Waals surface area contributed by atoms with E-state index in [0.29, 0.717) is 24.2 Å². The number of hydrazine groups is 1. The number of nitrogens with one attached hydrogen (secondary N) is 2. The van der Waals surface area contributed by atoms with E-state index in [1.807, 2.05) is 23.2 Å². The molecule has 0 aromatic carbocycles. The van der Waals surface area contributed by atoms with E-state index in [-0.39, 0.29) is 12.0 Å². The van der Waals surface area contributed by atoms with Gasteiger partial charge in [0.2, 0.25) is 0 Å². The van der Waals surface area contributed by atoms with E-state index >= 15 is 0 Å². The number of nitrogens with two attached hydrogens (primary N) is 1. The maximum atomic E-state index is 10.6. The van der Waals surface area contributed by atoms with Gasteiger partial charge in [0.05, 0.1) is 6.54 Å². The van der Waals surface area contributed by atoms with Crippen molar-refractivity contribution in [1.29, 1.82) is 0 Å². The van der Waals surface area contributed by atoms with Crippen LogP contribution in [0.1, 0.15) is 6.42 Å². The summed E-state index contributed by atoms with van der Waals surface area (Å²) in [5, 5.41) is 11.5. The summed E-state index contributed by atoms with van der Waals surface area (Å²) in [6.07, 6.45) is 6.92.